The molecule has 170 valence electrons. The van der Waals surface area contributed by atoms with E-state index < -0.39 is 0 Å². The predicted molar refractivity (Wildman–Crippen MR) is 130 cm³/mol. The Morgan fingerprint density at radius 2 is 1.75 bits per heavy atom. The maximum absolute atomic E-state index is 5.80. The van der Waals surface area contributed by atoms with Crippen molar-refractivity contribution in [2.24, 2.45) is 4.99 Å². The highest BCUT2D eigenvalue weighted by molar-refractivity contribution is 5.79. The summed E-state index contributed by atoms with van der Waals surface area (Å²) < 4.78 is 7.74. The van der Waals surface area contributed by atoms with Crippen LogP contribution in [-0.4, -0.2) is 54.9 Å². The molecule has 7 nitrogen and oxygen atoms in total. The van der Waals surface area contributed by atoms with Crippen LogP contribution in [0.4, 0.5) is 0 Å². The van der Waals surface area contributed by atoms with E-state index in [0.717, 1.165) is 37.8 Å². The molecule has 0 saturated carbocycles. The second kappa shape index (κ2) is 12.5. The van der Waals surface area contributed by atoms with Gasteiger partial charge in [0.2, 0.25) is 0 Å². The fourth-order valence-electron chi connectivity index (χ4n) is 3.31. The van der Waals surface area contributed by atoms with Crippen LogP contribution in [0.25, 0.3) is 0 Å². The molecule has 32 heavy (non-hydrogen) atoms. The molecule has 0 unspecified atom stereocenters. The molecule has 0 bridgehead atoms. The molecule has 0 aliphatic carbocycles. The second-order valence-electron chi connectivity index (χ2n) is 7.90. The monoisotopic (exact) mass is 434 g/mol. The molecule has 0 aliphatic heterocycles. The Morgan fingerprint density at radius 3 is 2.44 bits per heavy atom. The Balaban J connectivity index is 1.45. The topological polar surface area (TPSA) is 66.7 Å². The van der Waals surface area contributed by atoms with E-state index >= 15 is 0 Å². The van der Waals surface area contributed by atoms with E-state index in [1.165, 1.54) is 16.7 Å². The lowest BCUT2D eigenvalue weighted by Crippen LogP contribution is -2.36. The Hall–Kier alpha value is -3.32. The Bertz CT molecular complexity index is 951. The lowest BCUT2D eigenvalue weighted by Gasteiger charge is -2.15. The maximum atomic E-state index is 5.80. The third-order valence-corrected chi connectivity index (χ3v) is 5.08. The summed E-state index contributed by atoms with van der Waals surface area (Å²) in [5.74, 6) is 1.67. The first-order valence-electron chi connectivity index (χ1n) is 11.0. The molecular formula is C25H34N6O. The minimum atomic E-state index is 0.690. The normalized spacial score (nSPS) is 11.6. The Morgan fingerprint density at radius 1 is 1.00 bits per heavy atom. The van der Waals surface area contributed by atoms with Gasteiger partial charge in [-0.3, -0.25) is 9.67 Å². The largest absolute Gasteiger partial charge is 0.494 e. The minimum absolute atomic E-state index is 0.690. The third kappa shape index (κ3) is 7.74. The first-order valence-corrected chi connectivity index (χ1v) is 11.0. The summed E-state index contributed by atoms with van der Waals surface area (Å²) in [6.07, 6.45) is 4.80. The van der Waals surface area contributed by atoms with Gasteiger partial charge in [-0.25, -0.2) is 0 Å². The lowest BCUT2D eigenvalue weighted by molar-refractivity contribution is 0.281. The SMILES string of the molecule is CN=C(NCc1ccc(OCCCN(C)C)cc1)NCc1ccccc1Cn1cccn1. The number of nitrogens with zero attached hydrogens (tertiary/aromatic N) is 4. The van der Waals surface area contributed by atoms with Gasteiger partial charge < -0.3 is 20.3 Å². The average Bonchev–Trinajstić information content (AvgIpc) is 3.31. The van der Waals surface area contributed by atoms with E-state index in [0.29, 0.717) is 13.1 Å². The average molecular weight is 435 g/mol. The molecule has 0 amide bonds. The molecule has 2 aromatic carbocycles. The van der Waals surface area contributed by atoms with Gasteiger partial charge in [0, 0.05) is 39.1 Å². The summed E-state index contributed by atoms with van der Waals surface area (Å²) in [4.78, 5) is 6.52. The molecule has 0 atom stereocenters. The number of aliphatic imine (C=N–C) groups is 1. The zero-order valence-corrected chi connectivity index (χ0v) is 19.3. The van der Waals surface area contributed by atoms with Crippen molar-refractivity contribution in [1.82, 2.24) is 25.3 Å². The maximum Gasteiger partial charge on any atom is 0.191 e. The molecule has 0 aliphatic rings. The van der Waals surface area contributed by atoms with Gasteiger partial charge in [-0.1, -0.05) is 36.4 Å². The number of aromatic nitrogens is 2. The van der Waals surface area contributed by atoms with Crippen molar-refractivity contribution in [3.63, 3.8) is 0 Å². The van der Waals surface area contributed by atoms with Crippen LogP contribution in [0, 0.1) is 0 Å². The van der Waals surface area contributed by atoms with Crippen molar-refractivity contribution < 1.29 is 4.74 Å². The van der Waals surface area contributed by atoms with Crippen molar-refractivity contribution in [3.8, 4) is 5.75 Å². The van der Waals surface area contributed by atoms with Crippen molar-refractivity contribution in [2.75, 3.05) is 34.3 Å². The fourth-order valence-corrected chi connectivity index (χ4v) is 3.31. The summed E-state index contributed by atoms with van der Waals surface area (Å²) >= 11 is 0. The highest BCUT2D eigenvalue weighted by atomic mass is 16.5. The lowest BCUT2D eigenvalue weighted by atomic mass is 10.1. The summed E-state index contributed by atoms with van der Waals surface area (Å²) in [7, 11) is 5.94. The smallest absolute Gasteiger partial charge is 0.191 e. The summed E-state index contributed by atoms with van der Waals surface area (Å²) in [6.45, 7) is 3.89. The predicted octanol–water partition coefficient (Wildman–Crippen LogP) is 3.13. The molecule has 1 aromatic heterocycles. The summed E-state index contributed by atoms with van der Waals surface area (Å²) in [5.41, 5.74) is 3.63. The van der Waals surface area contributed by atoms with Gasteiger partial charge >= 0.3 is 0 Å². The molecule has 0 spiro atoms. The van der Waals surface area contributed by atoms with Crippen LogP contribution in [0.2, 0.25) is 0 Å². The first-order chi connectivity index (χ1) is 15.6. The first kappa shape index (κ1) is 23.3. The van der Waals surface area contributed by atoms with Crippen LogP contribution in [0.5, 0.6) is 5.75 Å². The molecular weight excluding hydrogens is 400 g/mol. The third-order valence-electron chi connectivity index (χ3n) is 5.08. The number of hydrogen-bond donors (Lipinski definition) is 2. The van der Waals surface area contributed by atoms with Gasteiger partial charge in [-0.05, 0) is 55.4 Å². The van der Waals surface area contributed by atoms with E-state index in [1.807, 2.05) is 29.1 Å². The van der Waals surface area contributed by atoms with Crippen molar-refractivity contribution >= 4 is 5.96 Å². The van der Waals surface area contributed by atoms with Crippen LogP contribution in [0.3, 0.4) is 0 Å². The van der Waals surface area contributed by atoms with E-state index in [2.05, 4.69) is 76.1 Å². The van der Waals surface area contributed by atoms with Gasteiger partial charge in [0.25, 0.3) is 0 Å². The Labute approximate surface area is 191 Å². The number of nitrogens with one attached hydrogen (secondary N) is 2. The van der Waals surface area contributed by atoms with Gasteiger partial charge in [-0.15, -0.1) is 0 Å². The number of hydrogen-bond acceptors (Lipinski definition) is 4. The van der Waals surface area contributed by atoms with Crippen LogP contribution in [0.1, 0.15) is 23.1 Å². The summed E-state index contributed by atoms with van der Waals surface area (Å²) in [5, 5.41) is 11.1. The molecule has 2 N–H and O–H groups in total. The van der Waals surface area contributed by atoms with Crippen LogP contribution >= 0.6 is 0 Å². The van der Waals surface area contributed by atoms with Crippen molar-refractivity contribution in [2.45, 2.75) is 26.1 Å². The minimum Gasteiger partial charge on any atom is -0.494 e. The molecule has 3 rings (SSSR count). The van der Waals surface area contributed by atoms with Gasteiger partial charge in [0.05, 0.1) is 13.2 Å². The van der Waals surface area contributed by atoms with E-state index in [9.17, 15) is 0 Å². The van der Waals surface area contributed by atoms with Crippen molar-refractivity contribution in [1.29, 1.82) is 0 Å². The fraction of sp³-hybridized carbons (Fsp3) is 0.360. The standard InChI is InChI=1S/C25H34N6O/c1-26-25(27-18-21-10-12-24(13-11-21)32-17-7-15-30(2)3)28-19-22-8-4-5-9-23(22)20-31-16-6-14-29-31/h4-6,8-14,16H,7,15,17-20H2,1-3H3,(H2,26,27,28). The van der Waals surface area contributed by atoms with Crippen LogP contribution in [0.15, 0.2) is 72.0 Å². The molecule has 3 aromatic rings. The Kier molecular flexibility index (Phi) is 9.13. The quantitative estimate of drug-likeness (QED) is 0.276. The highest BCUT2D eigenvalue weighted by Crippen LogP contribution is 2.13. The summed E-state index contributed by atoms with van der Waals surface area (Å²) in [6, 6.07) is 18.5. The number of ether oxygens (including phenoxy) is 1. The molecule has 0 radical (unpaired) electrons. The molecule has 7 heteroatoms. The highest BCUT2D eigenvalue weighted by Gasteiger charge is 2.05. The molecule has 0 fully saturated rings. The molecule has 1 heterocycles. The van der Waals surface area contributed by atoms with Crippen LogP contribution < -0.4 is 15.4 Å². The number of rotatable bonds is 11. The van der Waals surface area contributed by atoms with E-state index in [4.69, 9.17) is 4.74 Å². The van der Waals surface area contributed by atoms with Crippen LogP contribution in [-0.2, 0) is 19.6 Å². The van der Waals surface area contributed by atoms with Gasteiger partial charge in [0.15, 0.2) is 5.96 Å². The van der Waals surface area contributed by atoms with E-state index in [1.54, 1.807) is 13.2 Å². The van der Waals surface area contributed by atoms with Crippen molar-refractivity contribution in [3.05, 3.63) is 83.7 Å². The zero-order chi connectivity index (χ0) is 22.6. The number of benzene rings is 2. The van der Waals surface area contributed by atoms with E-state index in [-0.39, 0.29) is 0 Å². The van der Waals surface area contributed by atoms with Gasteiger partial charge in [0.1, 0.15) is 5.75 Å². The second-order valence-corrected chi connectivity index (χ2v) is 7.90. The number of guanidine groups is 1. The zero-order valence-electron chi connectivity index (χ0n) is 19.3. The van der Waals surface area contributed by atoms with Gasteiger partial charge in [-0.2, -0.15) is 5.10 Å². The molecule has 0 saturated heterocycles.